The van der Waals surface area contributed by atoms with E-state index in [1.807, 2.05) is 36.4 Å². The Balaban J connectivity index is 0.00000300. The van der Waals surface area contributed by atoms with Crippen LogP contribution in [0, 0.1) is 6.92 Å². The third-order valence-electron chi connectivity index (χ3n) is 4.46. The van der Waals surface area contributed by atoms with Crippen LogP contribution >= 0.6 is 24.0 Å². The lowest BCUT2D eigenvalue weighted by Gasteiger charge is -2.12. The number of halogens is 1. The standard InChI is InChI=1S/C21H25N3O3S.HI/c1-15-12-16(8-9-20(15)28(3,25)26)14-24-21(22-2)23-11-10-18-13-17-6-4-5-7-19(17)27-18;/h4-9,12-13H,10-11,14H2,1-3H3,(H2,22,23,24);1H. The molecular formula is C21H26IN3O3S. The molecule has 1 aromatic heterocycles. The maximum atomic E-state index is 11.7. The van der Waals surface area contributed by atoms with E-state index in [-0.39, 0.29) is 24.0 Å². The summed E-state index contributed by atoms with van der Waals surface area (Å²) >= 11 is 0. The minimum absolute atomic E-state index is 0. The fraction of sp³-hybridized carbons (Fsp3) is 0.286. The van der Waals surface area contributed by atoms with Gasteiger partial charge in [0.2, 0.25) is 0 Å². The molecule has 0 aliphatic heterocycles. The molecule has 0 amide bonds. The highest BCUT2D eigenvalue weighted by Crippen LogP contribution is 2.19. The van der Waals surface area contributed by atoms with Crippen molar-refractivity contribution in [2.24, 2.45) is 4.99 Å². The summed E-state index contributed by atoms with van der Waals surface area (Å²) in [5.74, 6) is 1.61. The van der Waals surface area contributed by atoms with Crippen LogP contribution in [-0.4, -0.2) is 34.2 Å². The molecule has 8 heteroatoms. The molecule has 3 rings (SSSR count). The van der Waals surface area contributed by atoms with Crippen LogP contribution in [-0.2, 0) is 22.8 Å². The van der Waals surface area contributed by atoms with Gasteiger partial charge in [-0.15, -0.1) is 24.0 Å². The minimum atomic E-state index is -3.20. The van der Waals surface area contributed by atoms with E-state index in [2.05, 4.69) is 21.7 Å². The molecule has 3 aromatic rings. The Morgan fingerprint density at radius 3 is 2.52 bits per heavy atom. The lowest BCUT2D eigenvalue weighted by Crippen LogP contribution is -2.37. The van der Waals surface area contributed by atoms with Crippen LogP contribution in [0.5, 0.6) is 0 Å². The molecule has 0 bridgehead atoms. The first-order chi connectivity index (χ1) is 13.4. The summed E-state index contributed by atoms with van der Waals surface area (Å²) in [7, 11) is -1.48. The summed E-state index contributed by atoms with van der Waals surface area (Å²) in [4.78, 5) is 4.59. The van der Waals surface area contributed by atoms with Crippen LogP contribution in [0.25, 0.3) is 11.0 Å². The van der Waals surface area contributed by atoms with Gasteiger partial charge in [-0.05, 0) is 36.2 Å². The van der Waals surface area contributed by atoms with Crippen molar-refractivity contribution in [1.29, 1.82) is 0 Å². The van der Waals surface area contributed by atoms with E-state index >= 15 is 0 Å². The molecule has 1 heterocycles. The third kappa shape index (κ3) is 6.20. The molecule has 2 N–H and O–H groups in total. The van der Waals surface area contributed by atoms with Gasteiger partial charge >= 0.3 is 0 Å². The molecule has 0 atom stereocenters. The first kappa shape index (κ1) is 23.2. The number of nitrogens with zero attached hydrogens (tertiary/aromatic N) is 1. The minimum Gasteiger partial charge on any atom is -0.461 e. The number of rotatable bonds is 6. The molecule has 6 nitrogen and oxygen atoms in total. The van der Waals surface area contributed by atoms with E-state index in [0.717, 1.165) is 34.3 Å². The van der Waals surface area contributed by atoms with Crippen LogP contribution in [0.4, 0.5) is 0 Å². The highest BCUT2D eigenvalue weighted by atomic mass is 127. The van der Waals surface area contributed by atoms with Gasteiger partial charge in [-0.1, -0.05) is 30.3 Å². The Morgan fingerprint density at radius 2 is 1.86 bits per heavy atom. The molecular weight excluding hydrogens is 501 g/mol. The largest absolute Gasteiger partial charge is 0.461 e. The summed E-state index contributed by atoms with van der Waals surface area (Å²) in [5.41, 5.74) is 2.63. The Morgan fingerprint density at radius 1 is 1.10 bits per heavy atom. The van der Waals surface area contributed by atoms with Gasteiger partial charge in [0, 0.05) is 38.2 Å². The number of hydrogen-bond acceptors (Lipinski definition) is 4. The smallest absolute Gasteiger partial charge is 0.191 e. The number of benzene rings is 2. The van der Waals surface area contributed by atoms with Crippen molar-refractivity contribution < 1.29 is 12.8 Å². The number of fused-ring (bicyclic) bond motifs is 1. The van der Waals surface area contributed by atoms with Crippen LogP contribution in [0.3, 0.4) is 0 Å². The average Bonchev–Trinajstić information content (AvgIpc) is 3.06. The van der Waals surface area contributed by atoms with Crippen LogP contribution in [0.2, 0.25) is 0 Å². The van der Waals surface area contributed by atoms with Gasteiger partial charge in [0.1, 0.15) is 11.3 Å². The molecule has 0 spiro atoms. The van der Waals surface area contributed by atoms with Gasteiger partial charge in [0.25, 0.3) is 0 Å². The zero-order valence-corrected chi connectivity index (χ0v) is 19.9. The lowest BCUT2D eigenvalue weighted by molar-refractivity contribution is 0.544. The number of aryl methyl sites for hydroxylation is 1. The Kier molecular flexibility index (Phi) is 8.09. The molecule has 0 radical (unpaired) electrons. The van der Waals surface area contributed by atoms with Gasteiger partial charge in [-0.2, -0.15) is 0 Å². The number of hydrogen-bond donors (Lipinski definition) is 2. The summed E-state index contributed by atoms with van der Waals surface area (Å²) in [5, 5.41) is 7.61. The van der Waals surface area contributed by atoms with Crippen molar-refractivity contribution >= 4 is 50.7 Å². The Labute approximate surface area is 188 Å². The van der Waals surface area contributed by atoms with E-state index in [1.165, 1.54) is 6.26 Å². The molecule has 156 valence electrons. The second-order valence-electron chi connectivity index (χ2n) is 6.73. The maximum absolute atomic E-state index is 11.7. The normalized spacial score (nSPS) is 11.9. The van der Waals surface area contributed by atoms with Gasteiger partial charge in [-0.25, -0.2) is 8.42 Å². The number of furan rings is 1. The van der Waals surface area contributed by atoms with Gasteiger partial charge in [0.15, 0.2) is 15.8 Å². The highest BCUT2D eigenvalue weighted by Gasteiger charge is 2.11. The first-order valence-corrected chi connectivity index (χ1v) is 11.0. The van der Waals surface area contributed by atoms with Crippen molar-refractivity contribution in [3.63, 3.8) is 0 Å². The van der Waals surface area contributed by atoms with Crippen molar-refractivity contribution in [2.45, 2.75) is 24.8 Å². The zero-order valence-electron chi connectivity index (χ0n) is 16.7. The first-order valence-electron chi connectivity index (χ1n) is 9.08. The predicted octanol–water partition coefficient (Wildman–Crippen LogP) is 3.67. The average molecular weight is 527 g/mol. The molecule has 0 saturated carbocycles. The van der Waals surface area contributed by atoms with E-state index in [4.69, 9.17) is 4.42 Å². The van der Waals surface area contributed by atoms with Crippen LogP contribution < -0.4 is 10.6 Å². The summed E-state index contributed by atoms with van der Waals surface area (Å²) in [6.07, 6.45) is 1.97. The summed E-state index contributed by atoms with van der Waals surface area (Å²) in [6.45, 7) is 3.04. The van der Waals surface area contributed by atoms with E-state index in [9.17, 15) is 8.42 Å². The molecule has 29 heavy (non-hydrogen) atoms. The molecule has 0 saturated heterocycles. The number of para-hydroxylation sites is 1. The van der Waals surface area contributed by atoms with Gasteiger partial charge < -0.3 is 15.1 Å². The topological polar surface area (TPSA) is 83.7 Å². The summed E-state index contributed by atoms with van der Waals surface area (Å²) in [6, 6.07) is 15.4. The van der Waals surface area contributed by atoms with Crippen LogP contribution in [0.15, 0.2) is 62.8 Å². The second kappa shape index (κ2) is 10.1. The van der Waals surface area contributed by atoms with Crippen molar-refractivity contribution in [3.8, 4) is 0 Å². The fourth-order valence-corrected chi connectivity index (χ4v) is 4.07. The maximum Gasteiger partial charge on any atom is 0.191 e. The Hall–Kier alpha value is -2.07. The second-order valence-corrected chi connectivity index (χ2v) is 8.71. The van der Waals surface area contributed by atoms with Crippen molar-refractivity contribution in [3.05, 3.63) is 65.4 Å². The van der Waals surface area contributed by atoms with Gasteiger partial charge in [0.05, 0.1) is 4.90 Å². The number of sulfone groups is 1. The van der Waals surface area contributed by atoms with Crippen molar-refractivity contribution in [1.82, 2.24) is 10.6 Å². The van der Waals surface area contributed by atoms with Gasteiger partial charge in [-0.3, -0.25) is 4.99 Å². The predicted molar refractivity (Wildman–Crippen MR) is 128 cm³/mol. The number of aliphatic imine (C=N–C) groups is 1. The van der Waals surface area contributed by atoms with E-state index in [1.54, 1.807) is 20.0 Å². The SMILES string of the molecule is CN=C(NCCc1cc2ccccc2o1)NCc1ccc(S(C)(=O)=O)c(C)c1.I. The molecule has 0 unspecified atom stereocenters. The molecule has 0 fully saturated rings. The number of nitrogens with one attached hydrogen (secondary N) is 2. The van der Waals surface area contributed by atoms with E-state index < -0.39 is 9.84 Å². The zero-order chi connectivity index (χ0) is 20.1. The fourth-order valence-electron chi connectivity index (χ4n) is 3.11. The monoisotopic (exact) mass is 527 g/mol. The van der Waals surface area contributed by atoms with Crippen molar-refractivity contribution in [2.75, 3.05) is 19.8 Å². The highest BCUT2D eigenvalue weighted by molar-refractivity contribution is 14.0. The third-order valence-corrected chi connectivity index (χ3v) is 5.72. The molecule has 0 aliphatic carbocycles. The quantitative estimate of drug-likeness (QED) is 0.291. The van der Waals surface area contributed by atoms with E-state index in [0.29, 0.717) is 23.9 Å². The number of guanidine groups is 1. The molecule has 2 aromatic carbocycles. The molecule has 0 aliphatic rings. The lowest BCUT2D eigenvalue weighted by atomic mass is 10.1. The Bertz CT molecular complexity index is 1070. The van der Waals surface area contributed by atoms with Crippen LogP contribution in [0.1, 0.15) is 16.9 Å². The summed E-state index contributed by atoms with van der Waals surface area (Å²) < 4.78 is 29.2.